The molecule has 0 saturated carbocycles. The summed E-state index contributed by atoms with van der Waals surface area (Å²) in [5.74, 6) is -0.259. The number of fused-ring (bicyclic) bond motifs is 3. The monoisotopic (exact) mass is 386 g/mol. The van der Waals surface area contributed by atoms with E-state index in [9.17, 15) is 4.79 Å². The first-order valence-electron chi connectivity index (χ1n) is 8.08. The van der Waals surface area contributed by atoms with Crippen LogP contribution in [0.4, 0.5) is 0 Å². The number of hydrogen-bond donors (Lipinski definition) is 0. The molecule has 0 radical (unpaired) electrons. The molecule has 0 atom stereocenters. The Labute approximate surface area is 151 Å². The number of aromatic nitrogens is 2. The van der Waals surface area contributed by atoms with Crippen molar-refractivity contribution in [3.8, 4) is 11.3 Å². The van der Waals surface area contributed by atoms with Crippen molar-refractivity contribution in [1.82, 2.24) is 4.68 Å². The molecule has 4 rings (SSSR count). The predicted molar refractivity (Wildman–Crippen MR) is 88.1 cm³/mol. The second-order valence-corrected chi connectivity index (χ2v) is 5.77. The fourth-order valence-corrected chi connectivity index (χ4v) is 3.43. The quantitative estimate of drug-likeness (QED) is 0.475. The van der Waals surface area contributed by atoms with Crippen molar-refractivity contribution in [2.45, 2.75) is 26.4 Å². The molecule has 0 amide bonds. The van der Waals surface area contributed by atoms with E-state index >= 15 is 0 Å². The van der Waals surface area contributed by atoms with Crippen molar-refractivity contribution in [2.75, 3.05) is 6.61 Å². The van der Waals surface area contributed by atoms with Crippen LogP contribution in [0.15, 0.2) is 48.5 Å². The van der Waals surface area contributed by atoms with E-state index in [0.29, 0.717) is 12.2 Å². The molecule has 2 aromatic carbocycles. The Morgan fingerprint density at radius 2 is 2.00 bits per heavy atom. The lowest BCUT2D eigenvalue weighted by molar-refractivity contribution is -0.745. The number of carbonyl (C=O) groups excluding carboxylic acids is 1. The smallest absolute Gasteiger partial charge is 0.338 e. The molecule has 0 saturated heterocycles. The Kier molecular flexibility index (Phi) is 4.71. The van der Waals surface area contributed by atoms with Gasteiger partial charge in [0.05, 0.1) is 24.1 Å². The summed E-state index contributed by atoms with van der Waals surface area (Å²) >= 11 is 0. The molecular formula is C19H19BrN2O2. The fraction of sp³-hybridized carbons (Fsp3) is 0.263. The molecule has 24 heavy (non-hydrogen) atoms. The van der Waals surface area contributed by atoms with Crippen molar-refractivity contribution in [3.63, 3.8) is 0 Å². The van der Waals surface area contributed by atoms with Gasteiger partial charge in [-0.05, 0) is 37.3 Å². The van der Waals surface area contributed by atoms with Crippen LogP contribution in [0, 0.1) is 0 Å². The third-order valence-electron chi connectivity index (χ3n) is 4.38. The maximum absolute atomic E-state index is 12.1. The topological polar surface area (TPSA) is 35.1 Å². The number of benzene rings is 2. The molecule has 0 bridgehead atoms. The van der Waals surface area contributed by atoms with E-state index in [1.807, 2.05) is 31.2 Å². The van der Waals surface area contributed by atoms with Crippen LogP contribution < -0.4 is 21.7 Å². The summed E-state index contributed by atoms with van der Waals surface area (Å²) in [4.78, 5) is 12.1. The van der Waals surface area contributed by atoms with E-state index in [4.69, 9.17) is 4.74 Å². The van der Waals surface area contributed by atoms with Crippen LogP contribution in [0.5, 0.6) is 0 Å². The van der Waals surface area contributed by atoms with E-state index < -0.39 is 0 Å². The van der Waals surface area contributed by atoms with Gasteiger partial charge in [0.1, 0.15) is 5.52 Å². The van der Waals surface area contributed by atoms with Crippen LogP contribution in [0.1, 0.15) is 23.7 Å². The first-order valence-corrected chi connectivity index (χ1v) is 8.08. The van der Waals surface area contributed by atoms with Gasteiger partial charge in [-0.3, -0.25) is 0 Å². The highest BCUT2D eigenvalue weighted by Gasteiger charge is 2.30. The number of halogens is 1. The van der Waals surface area contributed by atoms with Gasteiger partial charge in [-0.2, -0.15) is 4.68 Å². The zero-order valence-electron chi connectivity index (χ0n) is 13.5. The Morgan fingerprint density at radius 1 is 1.21 bits per heavy atom. The standard InChI is InChI=1S/C19H19N2O2.BrH/c1-2-23-19(22)15-9-10-17-16(13-15)18(14-7-4-3-5-8-14)21-12-6-11-20(17)21;/h3-5,7-10,13H,2,6,11-12H2,1H3;1H/q+1;/p-1. The number of ether oxygens (including phenoxy) is 1. The van der Waals surface area contributed by atoms with Crippen LogP contribution in [0.2, 0.25) is 0 Å². The Balaban J connectivity index is 0.00000169. The van der Waals surface area contributed by atoms with Crippen LogP contribution in [0.3, 0.4) is 0 Å². The van der Waals surface area contributed by atoms with Crippen LogP contribution in [-0.4, -0.2) is 17.3 Å². The normalized spacial score (nSPS) is 12.7. The molecule has 1 aromatic heterocycles. The van der Waals surface area contributed by atoms with Gasteiger partial charge in [-0.25, -0.2) is 4.79 Å². The van der Waals surface area contributed by atoms with Crippen molar-refractivity contribution in [2.24, 2.45) is 0 Å². The van der Waals surface area contributed by atoms with E-state index in [2.05, 4.69) is 33.6 Å². The van der Waals surface area contributed by atoms with Crippen molar-refractivity contribution < 1.29 is 31.2 Å². The van der Waals surface area contributed by atoms with Crippen LogP contribution in [-0.2, 0) is 17.8 Å². The average Bonchev–Trinajstić information content (AvgIpc) is 3.15. The molecule has 1 aliphatic rings. The number of carbonyl (C=O) groups is 1. The average molecular weight is 387 g/mol. The van der Waals surface area contributed by atoms with E-state index in [-0.39, 0.29) is 23.0 Å². The summed E-state index contributed by atoms with van der Waals surface area (Å²) in [6.45, 7) is 4.24. The van der Waals surface area contributed by atoms with Gasteiger partial charge in [0, 0.05) is 12.0 Å². The minimum atomic E-state index is -0.259. The predicted octanol–water partition coefficient (Wildman–Crippen LogP) is 0.180. The highest BCUT2D eigenvalue weighted by Crippen LogP contribution is 2.29. The largest absolute Gasteiger partial charge is 1.00 e. The number of rotatable bonds is 3. The molecule has 124 valence electrons. The summed E-state index contributed by atoms with van der Waals surface area (Å²) in [7, 11) is 0. The van der Waals surface area contributed by atoms with Gasteiger partial charge in [0.15, 0.2) is 6.54 Å². The van der Waals surface area contributed by atoms with Gasteiger partial charge in [0.2, 0.25) is 5.69 Å². The summed E-state index contributed by atoms with van der Waals surface area (Å²) in [5.41, 5.74) is 4.15. The molecule has 4 nitrogen and oxygen atoms in total. The minimum absolute atomic E-state index is 0. The molecule has 0 spiro atoms. The maximum Gasteiger partial charge on any atom is 0.338 e. The molecule has 0 unspecified atom stereocenters. The molecule has 0 N–H and O–H groups in total. The van der Waals surface area contributed by atoms with E-state index in [0.717, 1.165) is 24.9 Å². The minimum Gasteiger partial charge on any atom is -1.00 e. The Morgan fingerprint density at radius 3 is 2.75 bits per heavy atom. The third kappa shape index (κ3) is 2.63. The second-order valence-electron chi connectivity index (χ2n) is 5.77. The lowest BCUT2D eigenvalue weighted by Crippen LogP contribution is -3.00. The van der Waals surface area contributed by atoms with Crippen molar-refractivity contribution >= 4 is 16.9 Å². The Bertz CT molecular complexity index is 887. The SMILES string of the molecule is CCOC(=O)c1ccc2c(c1)c(-c1ccccc1)[n+]1n2CCC1.[Br-]. The lowest BCUT2D eigenvalue weighted by Gasteiger charge is -2.01. The highest BCUT2D eigenvalue weighted by molar-refractivity contribution is 5.98. The number of aryl methyl sites for hydroxylation is 1. The van der Waals surface area contributed by atoms with Crippen molar-refractivity contribution in [3.05, 3.63) is 54.1 Å². The zero-order valence-corrected chi connectivity index (χ0v) is 15.1. The molecule has 5 heteroatoms. The van der Waals surface area contributed by atoms with Gasteiger partial charge in [-0.1, -0.05) is 18.2 Å². The third-order valence-corrected chi connectivity index (χ3v) is 4.38. The van der Waals surface area contributed by atoms with Gasteiger partial charge >= 0.3 is 5.97 Å². The number of nitrogens with zero attached hydrogens (tertiary/aromatic N) is 2. The molecule has 1 aliphatic heterocycles. The highest BCUT2D eigenvalue weighted by atomic mass is 79.9. The lowest BCUT2D eigenvalue weighted by atomic mass is 10.0. The molecule has 2 heterocycles. The summed E-state index contributed by atoms with van der Waals surface area (Å²) < 4.78 is 9.79. The molecule has 0 aliphatic carbocycles. The molecule has 0 fully saturated rings. The van der Waals surface area contributed by atoms with Crippen LogP contribution in [0.25, 0.3) is 22.2 Å². The van der Waals surface area contributed by atoms with E-state index in [1.165, 1.54) is 16.8 Å². The summed E-state index contributed by atoms with van der Waals surface area (Å²) in [5, 5.41) is 1.11. The zero-order chi connectivity index (χ0) is 15.8. The fourth-order valence-electron chi connectivity index (χ4n) is 3.43. The summed E-state index contributed by atoms with van der Waals surface area (Å²) in [6, 6.07) is 16.2. The second kappa shape index (κ2) is 6.77. The first kappa shape index (κ1) is 16.7. The Hall–Kier alpha value is -2.14. The first-order chi connectivity index (χ1) is 11.3. The van der Waals surface area contributed by atoms with Gasteiger partial charge < -0.3 is 21.7 Å². The van der Waals surface area contributed by atoms with E-state index in [1.54, 1.807) is 0 Å². The number of esters is 1. The maximum atomic E-state index is 12.1. The molecular weight excluding hydrogens is 368 g/mol. The van der Waals surface area contributed by atoms with Crippen molar-refractivity contribution in [1.29, 1.82) is 0 Å². The van der Waals surface area contributed by atoms with Gasteiger partial charge in [0.25, 0.3) is 0 Å². The van der Waals surface area contributed by atoms with Gasteiger partial charge in [-0.15, -0.1) is 4.68 Å². The van der Waals surface area contributed by atoms with Crippen LogP contribution >= 0.6 is 0 Å². The molecule has 3 aromatic rings. The number of hydrogen-bond acceptors (Lipinski definition) is 2. The summed E-state index contributed by atoms with van der Waals surface area (Å²) in [6.07, 6.45) is 1.15.